The largest absolute Gasteiger partial charge is 0.377 e. The quantitative estimate of drug-likeness (QED) is 0.884. The summed E-state index contributed by atoms with van der Waals surface area (Å²) in [5, 5.41) is 11.4. The van der Waals surface area contributed by atoms with Gasteiger partial charge in [0.1, 0.15) is 11.9 Å². The van der Waals surface area contributed by atoms with Gasteiger partial charge < -0.3 is 15.0 Å². The first-order valence-electron chi connectivity index (χ1n) is 6.84. The van der Waals surface area contributed by atoms with Crippen LogP contribution in [0.1, 0.15) is 18.1 Å². The maximum absolute atomic E-state index is 13.7. The van der Waals surface area contributed by atoms with Gasteiger partial charge in [0.05, 0.1) is 24.8 Å². The topological polar surface area (TPSA) is 82.4 Å². The Kier molecular flexibility index (Phi) is 5.07. The number of benzene rings is 1. The Balaban J connectivity index is 2.03. The van der Waals surface area contributed by atoms with Crippen molar-refractivity contribution in [2.75, 3.05) is 19.8 Å². The van der Waals surface area contributed by atoms with Gasteiger partial charge in [-0.1, -0.05) is 0 Å². The molecule has 6 nitrogen and oxygen atoms in total. The second-order valence-electron chi connectivity index (χ2n) is 4.94. The average molecular weight is 305 g/mol. The summed E-state index contributed by atoms with van der Waals surface area (Å²) in [4.78, 5) is 25.1. The minimum atomic E-state index is -0.714. The molecule has 1 heterocycles. The first kappa shape index (κ1) is 15.9. The number of morpholine rings is 1. The predicted molar refractivity (Wildman–Crippen MR) is 75.0 cm³/mol. The molecule has 2 amide bonds. The average Bonchev–Trinajstić information content (AvgIpc) is 2.53. The second-order valence-corrected chi connectivity index (χ2v) is 4.94. The number of carbonyl (C=O) groups is 2. The van der Waals surface area contributed by atoms with Crippen molar-refractivity contribution >= 4 is 11.8 Å². The maximum atomic E-state index is 13.7. The fraction of sp³-hybridized carbons (Fsp3) is 0.400. The summed E-state index contributed by atoms with van der Waals surface area (Å²) < 4.78 is 18.9. The lowest BCUT2D eigenvalue weighted by Gasteiger charge is -2.33. The highest BCUT2D eigenvalue weighted by atomic mass is 19.1. The summed E-state index contributed by atoms with van der Waals surface area (Å²) in [5.41, 5.74) is 0.538. The second kappa shape index (κ2) is 7.00. The van der Waals surface area contributed by atoms with Crippen LogP contribution in [0.4, 0.5) is 4.39 Å². The zero-order chi connectivity index (χ0) is 16.1. The summed E-state index contributed by atoms with van der Waals surface area (Å²) in [6.45, 7) is 2.20. The van der Waals surface area contributed by atoms with E-state index >= 15 is 0 Å². The van der Waals surface area contributed by atoms with Gasteiger partial charge in [0, 0.05) is 25.6 Å². The summed E-state index contributed by atoms with van der Waals surface area (Å²) >= 11 is 0. The third-order valence-corrected chi connectivity index (χ3v) is 3.46. The third kappa shape index (κ3) is 3.59. The third-order valence-electron chi connectivity index (χ3n) is 3.46. The standard InChI is InChI=1S/C15H16FN3O3/c1-10(20)19-4-5-22-9-14(19)15(21)18-8-12-6-11(7-17)2-3-13(12)16/h2-3,6,14H,4-5,8-9H2,1H3,(H,18,21). The van der Waals surface area contributed by atoms with E-state index in [2.05, 4.69) is 5.32 Å². The Bertz CT molecular complexity index is 627. The van der Waals surface area contributed by atoms with Crippen LogP contribution in [0.25, 0.3) is 0 Å². The number of carbonyl (C=O) groups excluding carboxylic acids is 2. The van der Waals surface area contributed by atoms with Crippen molar-refractivity contribution < 1.29 is 18.7 Å². The molecule has 1 N–H and O–H groups in total. The van der Waals surface area contributed by atoms with E-state index in [1.165, 1.54) is 30.0 Å². The van der Waals surface area contributed by atoms with Crippen LogP contribution in [0.15, 0.2) is 18.2 Å². The molecule has 7 heteroatoms. The normalized spacial score (nSPS) is 17.7. The number of halogens is 1. The molecular weight excluding hydrogens is 289 g/mol. The van der Waals surface area contributed by atoms with Crippen LogP contribution in [0.2, 0.25) is 0 Å². The number of nitrogens with zero attached hydrogens (tertiary/aromatic N) is 2. The number of amides is 2. The Hall–Kier alpha value is -2.46. The molecule has 0 radical (unpaired) electrons. The van der Waals surface area contributed by atoms with Gasteiger partial charge in [-0.25, -0.2) is 4.39 Å². The van der Waals surface area contributed by atoms with Crippen molar-refractivity contribution in [1.29, 1.82) is 5.26 Å². The van der Waals surface area contributed by atoms with Crippen molar-refractivity contribution in [3.8, 4) is 6.07 Å². The maximum Gasteiger partial charge on any atom is 0.245 e. The van der Waals surface area contributed by atoms with Crippen LogP contribution in [0, 0.1) is 17.1 Å². The zero-order valence-electron chi connectivity index (χ0n) is 12.1. The van der Waals surface area contributed by atoms with Gasteiger partial charge in [-0.3, -0.25) is 9.59 Å². The van der Waals surface area contributed by atoms with Crippen LogP contribution < -0.4 is 5.32 Å². The minimum absolute atomic E-state index is 0.0531. The Morgan fingerprint density at radius 3 is 3.00 bits per heavy atom. The molecule has 1 fully saturated rings. The highest BCUT2D eigenvalue weighted by Crippen LogP contribution is 2.11. The van der Waals surface area contributed by atoms with Gasteiger partial charge in [-0.05, 0) is 18.2 Å². The van der Waals surface area contributed by atoms with Gasteiger partial charge in [0.25, 0.3) is 0 Å². The zero-order valence-corrected chi connectivity index (χ0v) is 12.1. The number of nitrogens with one attached hydrogen (secondary N) is 1. The van der Waals surface area contributed by atoms with E-state index in [1.54, 1.807) is 0 Å². The highest BCUT2D eigenvalue weighted by molar-refractivity contribution is 5.87. The minimum Gasteiger partial charge on any atom is -0.377 e. The lowest BCUT2D eigenvalue weighted by atomic mass is 10.1. The molecule has 0 bridgehead atoms. The molecule has 0 aliphatic carbocycles. The van der Waals surface area contributed by atoms with E-state index in [9.17, 15) is 14.0 Å². The highest BCUT2D eigenvalue weighted by Gasteiger charge is 2.30. The number of nitriles is 1. The summed E-state index contributed by atoms with van der Waals surface area (Å²) in [5.74, 6) is -1.11. The van der Waals surface area contributed by atoms with Crippen molar-refractivity contribution in [3.05, 3.63) is 35.1 Å². The first-order valence-corrected chi connectivity index (χ1v) is 6.84. The summed E-state index contributed by atoms with van der Waals surface area (Å²) in [7, 11) is 0. The molecule has 1 unspecified atom stereocenters. The SMILES string of the molecule is CC(=O)N1CCOCC1C(=O)NCc1cc(C#N)ccc1F. The first-order chi connectivity index (χ1) is 10.5. The number of rotatable bonds is 3. The van der Waals surface area contributed by atoms with Crippen LogP contribution in [-0.4, -0.2) is 42.5 Å². The van der Waals surface area contributed by atoms with Crippen molar-refractivity contribution in [2.24, 2.45) is 0 Å². The van der Waals surface area contributed by atoms with E-state index in [1.807, 2.05) is 6.07 Å². The fourth-order valence-electron chi connectivity index (χ4n) is 2.28. The molecule has 0 saturated carbocycles. The molecule has 1 aromatic carbocycles. The van der Waals surface area contributed by atoms with Gasteiger partial charge in [-0.15, -0.1) is 0 Å². The molecule has 0 aromatic heterocycles. The Labute approximate surface area is 127 Å². The van der Waals surface area contributed by atoms with Crippen LogP contribution in [0.5, 0.6) is 0 Å². The van der Waals surface area contributed by atoms with Gasteiger partial charge in [0.15, 0.2) is 0 Å². The Morgan fingerprint density at radius 1 is 1.55 bits per heavy atom. The van der Waals surface area contributed by atoms with Crippen molar-refractivity contribution in [3.63, 3.8) is 0 Å². The number of hydrogen-bond donors (Lipinski definition) is 1. The van der Waals surface area contributed by atoms with Crippen LogP contribution in [-0.2, 0) is 20.9 Å². The fourth-order valence-corrected chi connectivity index (χ4v) is 2.28. The lowest BCUT2D eigenvalue weighted by Crippen LogP contribution is -2.55. The van der Waals surface area contributed by atoms with Crippen molar-refractivity contribution in [2.45, 2.75) is 19.5 Å². The number of hydrogen-bond acceptors (Lipinski definition) is 4. The molecule has 2 rings (SSSR count). The lowest BCUT2D eigenvalue weighted by molar-refractivity contribution is -0.147. The molecular formula is C15H16FN3O3. The van der Waals surface area contributed by atoms with E-state index in [0.29, 0.717) is 18.7 Å². The molecule has 1 aliphatic heterocycles. The van der Waals surface area contributed by atoms with E-state index in [-0.39, 0.29) is 24.6 Å². The molecule has 1 saturated heterocycles. The smallest absolute Gasteiger partial charge is 0.245 e. The predicted octanol–water partition coefficient (Wildman–Crippen LogP) is 0.561. The van der Waals surface area contributed by atoms with Gasteiger partial charge in [-0.2, -0.15) is 5.26 Å². The van der Waals surface area contributed by atoms with E-state index in [0.717, 1.165) is 0 Å². The monoisotopic (exact) mass is 305 g/mol. The number of ether oxygens (including phenoxy) is 1. The molecule has 22 heavy (non-hydrogen) atoms. The summed E-state index contributed by atoms with van der Waals surface area (Å²) in [6.07, 6.45) is 0. The molecule has 1 aliphatic rings. The molecule has 1 aromatic rings. The van der Waals surface area contributed by atoms with Crippen molar-refractivity contribution in [1.82, 2.24) is 10.2 Å². The molecule has 0 spiro atoms. The van der Waals surface area contributed by atoms with Gasteiger partial charge in [0.2, 0.25) is 11.8 Å². The van der Waals surface area contributed by atoms with E-state index < -0.39 is 17.8 Å². The van der Waals surface area contributed by atoms with Crippen LogP contribution >= 0.6 is 0 Å². The van der Waals surface area contributed by atoms with Crippen LogP contribution in [0.3, 0.4) is 0 Å². The van der Waals surface area contributed by atoms with E-state index in [4.69, 9.17) is 10.00 Å². The Morgan fingerprint density at radius 2 is 2.32 bits per heavy atom. The molecule has 1 atom stereocenters. The molecule has 116 valence electrons. The summed E-state index contributed by atoms with van der Waals surface area (Å²) in [6, 6.07) is 5.14. The van der Waals surface area contributed by atoms with Gasteiger partial charge >= 0.3 is 0 Å².